The molecular formula is C13H21NO2. The van der Waals surface area contributed by atoms with Gasteiger partial charge in [0, 0.05) is 5.56 Å². The zero-order valence-corrected chi connectivity index (χ0v) is 10.3. The van der Waals surface area contributed by atoms with Crippen molar-refractivity contribution < 1.29 is 9.47 Å². The molecule has 1 aromatic rings. The molecule has 2 N–H and O–H groups in total. The molecule has 0 aliphatic rings. The third-order valence-electron chi connectivity index (χ3n) is 2.30. The first-order chi connectivity index (χ1) is 7.69. The lowest BCUT2D eigenvalue weighted by molar-refractivity contribution is 0.238. The van der Waals surface area contributed by atoms with Gasteiger partial charge in [-0.2, -0.15) is 0 Å². The van der Waals surface area contributed by atoms with Crippen LogP contribution in [0, 0.1) is 0 Å². The number of hydrogen-bond donors (Lipinski definition) is 1. The second-order valence-electron chi connectivity index (χ2n) is 4.00. The maximum Gasteiger partial charge on any atom is 0.126 e. The third-order valence-corrected chi connectivity index (χ3v) is 2.30. The molecule has 0 unspecified atom stereocenters. The maximum absolute atomic E-state index is 5.76. The summed E-state index contributed by atoms with van der Waals surface area (Å²) >= 11 is 0. The summed E-state index contributed by atoms with van der Waals surface area (Å²) in [5.74, 6) is 1.79. The SMILES string of the molecule is COc1cccc(OC(C)C)c1CCCN. The van der Waals surface area contributed by atoms with Gasteiger partial charge >= 0.3 is 0 Å². The fourth-order valence-electron chi connectivity index (χ4n) is 1.63. The van der Waals surface area contributed by atoms with Gasteiger partial charge in [0.05, 0.1) is 13.2 Å². The highest BCUT2D eigenvalue weighted by atomic mass is 16.5. The van der Waals surface area contributed by atoms with Gasteiger partial charge in [0.15, 0.2) is 0 Å². The fraction of sp³-hybridized carbons (Fsp3) is 0.538. The minimum Gasteiger partial charge on any atom is -0.496 e. The van der Waals surface area contributed by atoms with E-state index in [4.69, 9.17) is 15.2 Å². The molecule has 0 saturated carbocycles. The summed E-state index contributed by atoms with van der Waals surface area (Å²) in [6.45, 7) is 4.72. The summed E-state index contributed by atoms with van der Waals surface area (Å²) < 4.78 is 11.1. The van der Waals surface area contributed by atoms with Crippen LogP contribution in [-0.4, -0.2) is 19.8 Å². The van der Waals surface area contributed by atoms with Crippen molar-refractivity contribution >= 4 is 0 Å². The highest BCUT2D eigenvalue weighted by Gasteiger charge is 2.10. The Morgan fingerprint density at radius 1 is 1.25 bits per heavy atom. The third kappa shape index (κ3) is 3.42. The molecule has 0 amide bonds. The molecule has 0 atom stereocenters. The fourth-order valence-corrected chi connectivity index (χ4v) is 1.63. The van der Waals surface area contributed by atoms with Crippen LogP contribution in [0.2, 0.25) is 0 Å². The first-order valence-corrected chi connectivity index (χ1v) is 5.71. The number of hydrogen-bond acceptors (Lipinski definition) is 3. The van der Waals surface area contributed by atoms with Crippen LogP contribution in [0.15, 0.2) is 18.2 Å². The van der Waals surface area contributed by atoms with Crippen molar-refractivity contribution in [1.29, 1.82) is 0 Å². The number of ether oxygens (including phenoxy) is 2. The van der Waals surface area contributed by atoms with Crippen molar-refractivity contribution in [3.8, 4) is 11.5 Å². The van der Waals surface area contributed by atoms with Gasteiger partial charge in [0.2, 0.25) is 0 Å². The highest BCUT2D eigenvalue weighted by Crippen LogP contribution is 2.30. The zero-order valence-electron chi connectivity index (χ0n) is 10.3. The molecule has 0 aliphatic carbocycles. The molecule has 3 nitrogen and oxygen atoms in total. The Morgan fingerprint density at radius 2 is 1.94 bits per heavy atom. The molecule has 0 aromatic heterocycles. The van der Waals surface area contributed by atoms with Crippen molar-refractivity contribution in [2.75, 3.05) is 13.7 Å². The molecule has 1 rings (SSSR count). The lowest BCUT2D eigenvalue weighted by atomic mass is 10.1. The molecule has 0 spiro atoms. The van der Waals surface area contributed by atoms with Gasteiger partial charge in [-0.15, -0.1) is 0 Å². The van der Waals surface area contributed by atoms with Crippen LogP contribution in [0.1, 0.15) is 25.8 Å². The van der Waals surface area contributed by atoms with E-state index in [9.17, 15) is 0 Å². The van der Waals surface area contributed by atoms with E-state index in [2.05, 4.69) is 0 Å². The predicted molar refractivity (Wildman–Crippen MR) is 66.1 cm³/mol. The van der Waals surface area contributed by atoms with Gasteiger partial charge < -0.3 is 15.2 Å². The zero-order chi connectivity index (χ0) is 12.0. The molecule has 0 bridgehead atoms. The number of rotatable bonds is 6. The van der Waals surface area contributed by atoms with Crippen LogP contribution in [0.5, 0.6) is 11.5 Å². The molecular weight excluding hydrogens is 202 g/mol. The summed E-state index contributed by atoms with van der Waals surface area (Å²) in [5, 5.41) is 0. The quantitative estimate of drug-likeness (QED) is 0.805. The molecule has 0 heterocycles. The summed E-state index contributed by atoms with van der Waals surface area (Å²) in [6, 6.07) is 5.88. The summed E-state index contributed by atoms with van der Waals surface area (Å²) in [4.78, 5) is 0. The topological polar surface area (TPSA) is 44.5 Å². The Balaban J connectivity index is 2.95. The Bertz CT molecular complexity index is 324. The second-order valence-corrected chi connectivity index (χ2v) is 4.00. The average Bonchev–Trinajstić information content (AvgIpc) is 2.26. The van der Waals surface area contributed by atoms with Gasteiger partial charge in [0.25, 0.3) is 0 Å². The number of methoxy groups -OCH3 is 1. The number of benzene rings is 1. The smallest absolute Gasteiger partial charge is 0.126 e. The first kappa shape index (κ1) is 12.8. The standard InChI is InChI=1S/C13H21NO2/c1-10(2)16-13-8-4-7-12(15-3)11(13)6-5-9-14/h4,7-8,10H,5-6,9,14H2,1-3H3. The van der Waals surface area contributed by atoms with Gasteiger partial charge in [-0.05, 0) is 45.4 Å². The molecule has 0 fully saturated rings. The molecule has 16 heavy (non-hydrogen) atoms. The lowest BCUT2D eigenvalue weighted by Crippen LogP contribution is -2.09. The Hall–Kier alpha value is -1.22. The van der Waals surface area contributed by atoms with Crippen LogP contribution in [0.25, 0.3) is 0 Å². The molecule has 0 aliphatic heterocycles. The van der Waals surface area contributed by atoms with Crippen LogP contribution >= 0.6 is 0 Å². The molecule has 0 saturated heterocycles. The van der Waals surface area contributed by atoms with E-state index in [0.29, 0.717) is 6.54 Å². The monoisotopic (exact) mass is 223 g/mol. The Kier molecular flexibility index (Phi) is 5.12. The van der Waals surface area contributed by atoms with E-state index >= 15 is 0 Å². The molecule has 90 valence electrons. The molecule has 0 radical (unpaired) electrons. The minimum absolute atomic E-state index is 0.170. The van der Waals surface area contributed by atoms with Crippen molar-refractivity contribution in [1.82, 2.24) is 0 Å². The van der Waals surface area contributed by atoms with Gasteiger partial charge in [-0.3, -0.25) is 0 Å². The van der Waals surface area contributed by atoms with E-state index in [1.165, 1.54) is 0 Å². The largest absolute Gasteiger partial charge is 0.496 e. The summed E-state index contributed by atoms with van der Waals surface area (Å²) in [6.07, 6.45) is 2.00. The van der Waals surface area contributed by atoms with Crippen molar-refractivity contribution in [2.45, 2.75) is 32.8 Å². The highest BCUT2D eigenvalue weighted by molar-refractivity contribution is 5.45. The summed E-state index contributed by atoms with van der Waals surface area (Å²) in [7, 11) is 1.68. The van der Waals surface area contributed by atoms with E-state index in [1.54, 1.807) is 7.11 Å². The molecule has 3 heteroatoms. The average molecular weight is 223 g/mol. The van der Waals surface area contributed by atoms with Crippen molar-refractivity contribution in [3.05, 3.63) is 23.8 Å². The van der Waals surface area contributed by atoms with E-state index in [0.717, 1.165) is 29.9 Å². The second kappa shape index (κ2) is 6.38. The number of nitrogens with two attached hydrogens (primary N) is 1. The Morgan fingerprint density at radius 3 is 2.50 bits per heavy atom. The minimum atomic E-state index is 0.170. The Labute approximate surface area is 97.6 Å². The van der Waals surface area contributed by atoms with Gasteiger partial charge in [0.1, 0.15) is 11.5 Å². The van der Waals surface area contributed by atoms with Crippen molar-refractivity contribution in [3.63, 3.8) is 0 Å². The van der Waals surface area contributed by atoms with Gasteiger partial charge in [-0.25, -0.2) is 0 Å². The van der Waals surface area contributed by atoms with Crippen LogP contribution in [0.4, 0.5) is 0 Å². The molecule has 1 aromatic carbocycles. The summed E-state index contributed by atoms with van der Waals surface area (Å²) in [5.41, 5.74) is 6.65. The van der Waals surface area contributed by atoms with Crippen LogP contribution in [0.3, 0.4) is 0 Å². The normalized spacial score (nSPS) is 10.6. The van der Waals surface area contributed by atoms with Gasteiger partial charge in [-0.1, -0.05) is 6.07 Å². The maximum atomic E-state index is 5.76. The van der Waals surface area contributed by atoms with E-state index in [1.807, 2.05) is 32.0 Å². The van der Waals surface area contributed by atoms with Crippen LogP contribution < -0.4 is 15.2 Å². The van der Waals surface area contributed by atoms with Crippen LogP contribution in [-0.2, 0) is 6.42 Å². The van der Waals surface area contributed by atoms with E-state index < -0.39 is 0 Å². The first-order valence-electron chi connectivity index (χ1n) is 5.71. The predicted octanol–water partition coefficient (Wildman–Crippen LogP) is 2.37. The van der Waals surface area contributed by atoms with E-state index in [-0.39, 0.29) is 6.10 Å². The van der Waals surface area contributed by atoms with Crippen molar-refractivity contribution in [2.24, 2.45) is 5.73 Å². The lowest BCUT2D eigenvalue weighted by Gasteiger charge is -2.16.